The number of hydrogen-bond acceptors (Lipinski definition) is 6. The highest BCUT2D eigenvalue weighted by molar-refractivity contribution is 6.01. The number of anilines is 1. The minimum absolute atomic E-state index is 0.0126. The summed E-state index contributed by atoms with van der Waals surface area (Å²) in [5.41, 5.74) is 0.572. The predicted molar refractivity (Wildman–Crippen MR) is 95.3 cm³/mol. The van der Waals surface area contributed by atoms with Gasteiger partial charge >= 0.3 is 5.97 Å². The molecule has 27 heavy (non-hydrogen) atoms. The van der Waals surface area contributed by atoms with Crippen molar-refractivity contribution in [3.8, 4) is 0 Å². The molecule has 0 spiro atoms. The van der Waals surface area contributed by atoms with E-state index in [1.807, 2.05) is 6.07 Å². The monoisotopic (exact) mass is 368 g/mol. The smallest absolute Gasteiger partial charge is 0.311 e. The molecule has 1 atom stereocenters. The first-order chi connectivity index (χ1) is 13.0. The molecule has 8 heteroatoms. The third-order valence-corrected chi connectivity index (χ3v) is 4.25. The van der Waals surface area contributed by atoms with Crippen LogP contribution < -0.4 is 4.90 Å². The Balaban J connectivity index is 1.58. The number of hydrogen-bond donors (Lipinski definition) is 0. The van der Waals surface area contributed by atoms with E-state index in [0.29, 0.717) is 5.69 Å². The zero-order valence-corrected chi connectivity index (χ0v) is 14.2. The van der Waals surface area contributed by atoms with Gasteiger partial charge in [0.2, 0.25) is 11.7 Å². The van der Waals surface area contributed by atoms with Gasteiger partial charge in [-0.2, -0.15) is 0 Å². The maximum absolute atomic E-state index is 12.2. The molecule has 1 amide bonds. The zero-order valence-electron chi connectivity index (χ0n) is 14.2. The Labute approximate surface area is 154 Å². The van der Waals surface area contributed by atoms with Crippen molar-refractivity contribution in [2.24, 2.45) is 5.92 Å². The summed E-state index contributed by atoms with van der Waals surface area (Å²) in [6, 6.07) is 14.2. The number of nitro benzene ring substituents is 1. The van der Waals surface area contributed by atoms with Crippen molar-refractivity contribution in [1.82, 2.24) is 0 Å². The third kappa shape index (κ3) is 4.17. The number of benzene rings is 2. The maximum Gasteiger partial charge on any atom is 0.311 e. The Bertz CT molecular complexity index is 896. The molecule has 1 aliphatic rings. The number of rotatable bonds is 6. The van der Waals surface area contributed by atoms with Crippen LogP contribution in [0.15, 0.2) is 54.6 Å². The number of nitro groups is 1. The average molecular weight is 368 g/mol. The average Bonchev–Trinajstić information content (AvgIpc) is 3.08. The summed E-state index contributed by atoms with van der Waals surface area (Å²) in [5, 5.41) is 10.8. The van der Waals surface area contributed by atoms with E-state index < -0.39 is 29.2 Å². The highest BCUT2D eigenvalue weighted by atomic mass is 16.6. The van der Waals surface area contributed by atoms with Gasteiger partial charge in [0.25, 0.3) is 5.69 Å². The number of ketones is 1. The maximum atomic E-state index is 12.2. The Hall–Kier alpha value is -3.55. The van der Waals surface area contributed by atoms with Gasteiger partial charge in [-0.3, -0.25) is 24.5 Å². The van der Waals surface area contributed by atoms with Crippen LogP contribution in [0.2, 0.25) is 0 Å². The van der Waals surface area contributed by atoms with Crippen molar-refractivity contribution >= 4 is 29.0 Å². The van der Waals surface area contributed by atoms with Crippen LogP contribution in [-0.2, 0) is 14.3 Å². The van der Waals surface area contributed by atoms with Gasteiger partial charge in [0.15, 0.2) is 6.61 Å². The molecule has 1 aliphatic heterocycles. The predicted octanol–water partition coefficient (Wildman–Crippen LogP) is 2.37. The minimum atomic E-state index is -0.657. The first-order valence-corrected chi connectivity index (χ1v) is 8.25. The summed E-state index contributed by atoms with van der Waals surface area (Å²) in [4.78, 5) is 48.1. The Morgan fingerprint density at radius 1 is 1.15 bits per heavy atom. The van der Waals surface area contributed by atoms with E-state index in [9.17, 15) is 24.5 Å². The van der Waals surface area contributed by atoms with E-state index in [4.69, 9.17) is 4.74 Å². The molecular weight excluding hydrogens is 352 g/mol. The van der Waals surface area contributed by atoms with Crippen LogP contribution in [0, 0.1) is 16.0 Å². The molecule has 0 aliphatic carbocycles. The van der Waals surface area contributed by atoms with Gasteiger partial charge in [-0.05, 0) is 12.1 Å². The SMILES string of the molecule is O=C(COC(=O)[C@H]1CC(=O)N(c2ccccc2)C1)c1cccc([N+](=O)[O-])c1. The summed E-state index contributed by atoms with van der Waals surface area (Å²) in [7, 11) is 0. The van der Waals surface area contributed by atoms with Crippen LogP contribution in [0.1, 0.15) is 16.8 Å². The second-order valence-electron chi connectivity index (χ2n) is 6.08. The van der Waals surface area contributed by atoms with Gasteiger partial charge in [-0.25, -0.2) is 0 Å². The van der Waals surface area contributed by atoms with E-state index in [1.165, 1.54) is 23.1 Å². The first-order valence-electron chi connectivity index (χ1n) is 8.25. The summed E-state index contributed by atoms with van der Waals surface area (Å²) in [6.45, 7) is -0.345. The summed E-state index contributed by atoms with van der Waals surface area (Å²) >= 11 is 0. The molecule has 1 fully saturated rings. The molecule has 0 saturated carbocycles. The van der Waals surface area contributed by atoms with Crippen LogP contribution in [0.4, 0.5) is 11.4 Å². The highest BCUT2D eigenvalue weighted by Gasteiger charge is 2.36. The van der Waals surface area contributed by atoms with Gasteiger partial charge in [-0.1, -0.05) is 30.3 Å². The molecule has 2 aromatic rings. The molecular formula is C19H16N2O6. The molecule has 3 rings (SSSR count). The second-order valence-corrected chi connectivity index (χ2v) is 6.08. The largest absolute Gasteiger partial charge is 0.457 e. The lowest BCUT2D eigenvalue weighted by molar-refractivity contribution is -0.384. The standard InChI is InChI=1S/C19H16N2O6/c22-17(13-5-4-8-16(9-13)21(25)26)12-27-19(24)14-10-18(23)20(11-14)15-6-2-1-3-7-15/h1-9,14H,10-12H2/t14-/m0/s1. The van der Waals surface area contributed by atoms with Crippen molar-refractivity contribution in [2.75, 3.05) is 18.1 Å². The van der Waals surface area contributed by atoms with E-state index in [-0.39, 0.29) is 30.1 Å². The summed E-state index contributed by atoms with van der Waals surface area (Å²) in [6.07, 6.45) is 0.0126. The van der Waals surface area contributed by atoms with Crippen molar-refractivity contribution in [3.63, 3.8) is 0 Å². The molecule has 0 bridgehead atoms. The number of amides is 1. The van der Waals surface area contributed by atoms with Crippen LogP contribution in [-0.4, -0.2) is 35.7 Å². The van der Waals surface area contributed by atoms with Crippen molar-refractivity contribution in [1.29, 1.82) is 0 Å². The molecule has 138 valence electrons. The zero-order chi connectivity index (χ0) is 19.4. The molecule has 0 radical (unpaired) electrons. The molecule has 1 heterocycles. The molecule has 0 aromatic heterocycles. The van der Waals surface area contributed by atoms with E-state index in [2.05, 4.69) is 0 Å². The molecule has 8 nitrogen and oxygen atoms in total. The van der Waals surface area contributed by atoms with E-state index in [0.717, 1.165) is 6.07 Å². The highest BCUT2D eigenvalue weighted by Crippen LogP contribution is 2.25. The van der Waals surface area contributed by atoms with Crippen LogP contribution in [0.25, 0.3) is 0 Å². The topological polar surface area (TPSA) is 107 Å². The lowest BCUT2D eigenvalue weighted by Gasteiger charge is -2.16. The number of para-hydroxylation sites is 1. The van der Waals surface area contributed by atoms with Gasteiger partial charge in [0.1, 0.15) is 0 Å². The Morgan fingerprint density at radius 3 is 2.59 bits per heavy atom. The number of esters is 1. The van der Waals surface area contributed by atoms with Crippen molar-refractivity contribution < 1.29 is 24.0 Å². The number of nitrogens with zero attached hydrogens (tertiary/aromatic N) is 2. The Kier molecular flexibility index (Phi) is 5.25. The molecule has 1 saturated heterocycles. The second kappa shape index (κ2) is 7.77. The summed E-state index contributed by atoms with van der Waals surface area (Å²) in [5.74, 6) is -2.03. The van der Waals surface area contributed by atoms with Gasteiger partial charge in [0, 0.05) is 36.3 Å². The van der Waals surface area contributed by atoms with Crippen molar-refractivity contribution in [3.05, 3.63) is 70.3 Å². The minimum Gasteiger partial charge on any atom is -0.457 e. The number of Topliss-reactive ketones (excluding diaryl/α,β-unsaturated/α-hetero) is 1. The lowest BCUT2D eigenvalue weighted by Crippen LogP contribution is -2.27. The number of carbonyl (C=O) groups excluding carboxylic acids is 3. The van der Waals surface area contributed by atoms with Crippen LogP contribution >= 0.6 is 0 Å². The van der Waals surface area contributed by atoms with E-state index >= 15 is 0 Å². The normalized spacial score (nSPS) is 16.2. The third-order valence-electron chi connectivity index (χ3n) is 4.25. The fourth-order valence-electron chi connectivity index (χ4n) is 2.85. The van der Waals surface area contributed by atoms with Crippen LogP contribution in [0.3, 0.4) is 0 Å². The molecule has 0 N–H and O–H groups in total. The Morgan fingerprint density at radius 2 is 1.89 bits per heavy atom. The fraction of sp³-hybridized carbons (Fsp3) is 0.211. The van der Waals surface area contributed by atoms with Crippen molar-refractivity contribution in [2.45, 2.75) is 6.42 Å². The molecule has 0 unspecified atom stereocenters. The van der Waals surface area contributed by atoms with E-state index in [1.54, 1.807) is 24.3 Å². The van der Waals surface area contributed by atoms with Gasteiger partial charge < -0.3 is 9.64 Å². The first kappa shape index (κ1) is 18.2. The van der Waals surface area contributed by atoms with Gasteiger partial charge in [-0.15, -0.1) is 0 Å². The summed E-state index contributed by atoms with van der Waals surface area (Å²) < 4.78 is 5.04. The lowest BCUT2D eigenvalue weighted by atomic mass is 10.1. The quantitative estimate of drug-likeness (QED) is 0.335. The molecule has 2 aromatic carbocycles. The van der Waals surface area contributed by atoms with Gasteiger partial charge in [0.05, 0.1) is 10.8 Å². The number of carbonyl (C=O) groups is 3. The number of ether oxygens (including phenoxy) is 1. The van der Waals surface area contributed by atoms with Crippen LogP contribution in [0.5, 0.6) is 0 Å². The number of non-ortho nitro benzene ring substituents is 1. The fourth-order valence-corrected chi connectivity index (χ4v) is 2.85.